The minimum Gasteiger partial charge on any atom is -0.315 e. The summed E-state index contributed by atoms with van der Waals surface area (Å²) in [6, 6.07) is 4.92. The highest BCUT2D eigenvalue weighted by atomic mass is 32.2. The number of hydrogen-bond donors (Lipinski definition) is 2. The molecular formula is C12H20N2O4S2. The molecule has 0 aliphatic heterocycles. The predicted molar refractivity (Wildman–Crippen MR) is 77.6 cm³/mol. The summed E-state index contributed by atoms with van der Waals surface area (Å²) in [5, 5.41) is 8.01. The Bertz CT molecular complexity index is 635. The molecule has 6 nitrogen and oxygen atoms in total. The third-order valence-electron chi connectivity index (χ3n) is 2.61. The molecule has 0 fully saturated rings. The predicted octanol–water partition coefficient (Wildman–Crippen LogP) is 0.353. The highest BCUT2D eigenvalue weighted by Crippen LogP contribution is 2.14. The van der Waals surface area contributed by atoms with Gasteiger partial charge in [-0.3, -0.25) is 0 Å². The van der Waals surface area contributed by atoms with Crippen LogP contribution in [0.1, 0.15) is 13.8 Å². The first-order valence-electron chi connectivity index (χ1n) is 6.19. The molecule has 0 amide bonds. The van der Waals surface area contributed by atoms with E-state index in [4.69, 9.17) is 5.14 Å². The molecular weight excluding hydrogens is 300 g/mol. The van der Waals surface area contributed by atoms with Gasteiger partial charge in [0.25, 0.3) is 0 Å². The number of hydrogen-bond acceptors (Lipinski definition) is 5. The summed E-state index contributed by atoms with van der Waals surface area (Å²) in [5.74, 6) is 0.417. The van der Waals surface area contributed by atoms with Crippen LogP contribution in [0.25, 0.3) is 0 Å². The van der Waals surface area contributed by atoms with Crippen LogP contribution in [-0.4, -0.2) is 35.7 Å². The van der Waals surface area contributed by atoms with Gasteiger partial charge in [0, 0.05) is 6.54 Å². The van der Waals surface area contributed by atoms with Crippen molar-refractivity contribution in [3.05, 3.63) is 24.3 Å². The Kier molecular flexibility index (Phi) is 5.69. The van der Waals surface area contributed by atoms with Gasteiger partial charge in [0.05, 0.1) is 15.5 Å². The molecule has 0 saturated carbocycles. The first-order valence-corrected chi connectivity index (χ1v) is 9.39. The summed E-state index contributed by atoms with van der Waals surface area (Å²) >= 11 is 0. The Morgan fingerprint density at radius 2 is 1.55 bits per heavy atom. The lowest BCUT2D eigenvalue weighted by Gasteiger charge is -2.08. The van der Waals surface area contributed by atoms with Crippen molar-refractivity contribution < 1.29 is 16.8 Å². The van der Waals surface area contributed by atoms with Crippen LogP contribution < -0.4 is 10.5 Å². The molecule has 0 atom stereocenters. The third kappa shape index (κ3) is 5.20. The summed E-state index contributed by atoms with van der Waals surface area (Å²) in [4.78, 5) is -0.00868. The zero-order valence-electron chi connectivity index (χ0n) is 11.5. The van der Waals surface area contributed by atoms with Gasteiger partial charge in [-0.15, -0.1) is 0 Å². The largest absolute Gasteiger partial charge is 0.315 e. The van der Waals surface area contributed by atoms with E-state index in [9.17, 15) is 16.8 Å². The van der Waals surface area contributed by atoms with Crippen LogP contribution in [0.2, 0.25) is 0 Å². The van der Waals surface area contributed by atoms with E-state index in [0.717, 1.165) is 6.54 Å². The van der Waals surface area contributed by atoms with Crippen LogP contribution in [0, 0.1) is 5.92 Å². The van der Waals surface area contributed by atoms with Crippen molar-refractivity contribution in [2.45, 2.75) is 23.6 Å². The van der Waals surface area contributed by atoms with Gasteiger partial charge in [0.2, 0.25) is 10.0 Å². The van der Waals surface area contributed by atoms with Crippen molar-refractivity contribution in [3.8, 4) is 0 Å². The second-order valence-electron chi connectivity index (χ2n) is 4.93. The average molecular weight is 320 g/mol. The standard InChI is InChI=1S/C12H20N2O4S2/c1-10(2)9-14-7-8-19(15,16)11-3-5-12(6-4-11)20(13,17)18/h3-6,10,14H,7-9H2,1-2H3,(H2,13,17,18). The molecule has 0 heterocycles. The Labute approximate surface area is 120 Å². The maximum Gasteiger partial charge on any atom is 0.238 e. The highest BCUT2D eigenvalue weighted by Gasteiger charge is 2.15. The van der Waals surface area contributed by atoms with E-state index in [-0.39, 0.29) is 15.5 Å². The van der Waals surface area contributed by atoms with Gasteiger partial charge in [0.15, 0.2) is 9.84 Å². The fraction of sp³-hybridized carbons (Fsp3) is 0.500. The summed E-state index contributed by atoms with van der Waals surface area (Å²) in [7, 11) is -7.22. The van der Waals surface area contributed by atoms with Gasteiger partial charge in [0.1, 0.15) is 0 Å². The van der Waals surface area contributed by atoms with Crippen molar-refractivity contribution in [1.29, 1.82) is 0 Å². The van der Waals surface area contributed by atoms with E-state index in [0.29, 0.717) is 12.5 Å². The summed E-state index contributed by atoms with van der Waals surface area (Å²) < 4.78 is 46.2. The monoisotopic (exact) mass is 320 g/mol. The van der Waals surface area contributed by atoms with Crippen molar-refractivity contribution in [2.75, 3.05) is 18.8 Å². The third-order valence-corrected chi connectivity index (χ3v) is 5.27. The van der Waals surface area contributed by atoms with E-state index in [2.05, 4.69) is 5.32 Å². The van der Waals surface area contributed by atoms with Gasteiger partial charge in [-0.25, -0.2) is 22.0 Å². The van der Waals surface area contributed by atoms with Crippen molar-refractivity contribution in [3.63, 3.8) is 0 Å². The second-order valence-corrected chi connectivity index (χ2v) is 8.60. The molecule has 0 aliphatic carbocycles. The lowest BCUT2D eigenvalue weighted by Crippen LogP contribution is -2.26. The van der Waals surface area contributed by atoms with E-state index in [1.807, 2.05) is 13.8 Å². The Balaban J connectivity index is 2.73. The fourth-order valence-corrected chi connectivity index (χ4v) is 3.27. The van der Waals surface area contributed by atoms with Crippen LogP contribution in [0.4, 0.5) is 0 Å². The van der Waals surface area contributed by atoms with Gasteiger partial charge < -0.3 is 5.32 Å². The number of primary sulfonamides is 1. The van der Waals surface area contributed by atoms with Gasteiger partial charge in [-0.05, 0) is 36.7 Å². The molecule has 8 heteroatoms. The smallest absolute Gasteiger partial charge is 0.238 e. The number of sulfone groups is 1. The van der Waals surface area contributed by atoms with Crippen LogP contribution in [0.5, 0.6) is 0 Å². The molecule has 0 unspecified atom stereocenters. The molecule has 1 rings (SSSR count). The molecule has 0 aromatic heterocycles. The molecule has 3 N–H and O–H groups in total. The molecule has 1 aromatic rings. The Morgan fingerprint density at radius 3 is 2.00 bits per heavy atom. The fourth-order valence-electron chi connectivity index (χ4n) is 1.55. The normalized spacial score (nSPS) is 12.8. The zero-order valence-corrected chi connectivity index (χ0v) is 13.2. The lowest BCUT2D eigenvalue weighted by atomic mass is 10.2. The average Bonchev–Trinajstić information content (AvgIpc) is 2.34. The first-order chi connectivity index (χ1) is 9.13. The Morgan fingerprint density at radius 1 is 1.05 bits per heavy atom. The van der Waals surface area contributed by atoms with Crippen LogP contribution in [0.3, 0.4) is 0 Å². The lowest BCUT2D eigenvalue weighted by molar-refractivity contribution is 0.557. The molecule has 0 aliphatic rings. The number of nitrogens with one attached hydrogen (secondary N) is 1. The zero-order chi connectivity index (χ0) is 15.4. The molecule has 0 radical (unpaired) electrons. The first kappa shape index (κ1) is 17.1. The molecule has 0 saturated heterocycles. The van der Waals surface area contributed by atoms with Gasteiger partial charge >= 0.3 is 0 Å². The van der Waals surface area contributed by atoms with Gasteiger partial charge in [-0.2, -0.15) is 0 Å². The summed E-state index contributed by atoms with van der Waals surface area (Å²) in [6.45, 7) is 5.18. The van der Waals surface area contributed by atoms with E-state index < -0.39 is 19.9 Å². The van der Waals surface area contributed by atoms with E-state index in [1.165, 1.54) is 24.3 Å². The minimum atomic E-state index is -3.80. The molecule has 114 valence electrons. The van der Waals surface area contributed by atoms with Gasteiger partial charge in [-0.1, -0.05) is 13.8 Å². The van der Waals surface area contributed by atoms with Crippen LogP contribution in [0.15, 0.2) is 34.1 Å². The van der Waals surface area contributed by atoms with Crippen LogP contribution >= 0.6 is 0 Å². The maximum absolute atomic E-state index is 12.0. The molecule has 1 aromatic carbocycles. The van der Waals surface area contributed by atoms with Crippen molar-refractivity contribution in [2.24, 2.45) is 11.1 Å². The highest BCUT2D eigenvalue weighted by molar-refractivity contribution is 7.91. The SMILES string of the molecule is CC(C)CNCCS(=O)(=O)c1ccc(S(N)(=O)=O)cc1. The number of rotatable bonds is 7. The topological polar surface area (TPSA) is 106 Å². The van der Waals surface area contributed by atoms with E-state index in [1.54, 1.807) is 0 Å². The maximum atomic E-state index is 12.0. The Hall–Kier alpha value is -0.960. The second kappa shape index (κ2) is 6.66. The van der Waals surface area contributed by atoms with Crippen LogP contribution in [-0.2, 0) is 19.9 Å². The van der Waals surface area contributed by atoms with Crippen molar-refractivity contribution >= 4 is 19.9 Å². The van der Waals surface area contributed by atoms with Crippen molar-refractivity contribution in [1.82, 2.24) is 5.32 Å². The number of nitrogens with two attached hydrogens (primary N) is 1. The molecule has 0 bridgehead atoms. The summed E-state index contributed by atoms with van der Waals surface area (Å²) in [6.07, 6.45) is 0. The number of sulfonamides is 1. The minimum absolute atomic E-state index is 0.0333. The quantitative estimate of drug-likeness (QED) is 0.705. The summed E-state index contributed by atoms with van der Waals surface area (Å²) in [5.41, 5.74) is 0. The van der Waals surface area contributed by atoms with E-state index >= 15 is 0 Å². The molecule has 0 spiro atoms. The molecule has 20 heavy (non-hydrogen) atoms. The number of benzene rings is 1.